The summed E-state index contributed by atoms with van der Waals surface area (Å²) in [5.41, 5.74) is 2.85. The van der Waals surface area contributed by atoms with Gasteiger partial charge in [-0.25, -0.2) is 4.98 Å². The molecule has 4 nitrogen and oxygen atoms in total. The van der Waals surface area contributed by atoms with Crippen LogP contribution in [0.25, 0.3) is 10.2 Å². The number of hydrogen-bond donors (Lipinski definition) is 0. The lowest BCUT2D eigenvalue weighted by Gasteiger charge is -2.24. The van der Waals surface area contributed by atoms with Crippen LogP contribution in [0.4, 0.5) is 0 Å². The van der Waals surface area contributed by atoms with Crippen LogP contribution in [0.1, 0.15) is 59.6 Å². The summed E-state index contributed by atoms with van der Waals surface area (Å²) >= 11 is 1.70. The van der Waals surface area contributed by atoms with Crippen molar-refractivity contribution in [3.05, 3.63) is 58.6 Å². The second-order valence-electron chi connectivity index (χ2n) is 7.51. The Labute approximate surface area is 162 Å². The number of rotatable bonds is 2. The second kappa shape index (κ2) is 6.34. The highest BCUT2D eigenvalue weighted by Crippen LogP contribution is 2.43. The Kier molecular flexibility index (Phi) is 3.93. The Bertz CT molecular complexity index is 995. The van der Waals surface area contributed by atoms with Gasteiger partial charge >= 0.3 is 0 Å². The van der Waals surface area contributed by atoms with Crippen LogP contribution in [-0.4, -0.2) is 28.4 Å². The van der Waals surface area contributed by atoms with E-state index in [2.05, 4.69) is 26.0 Å². The van der Waals surface area contributed by atoms with Gasteiger partial charge < -0.3 is 9.64 Å². The van der Waals surface area contributed by atoms with Crippen molar-refractivity contribution in [1.29, 1.82) is 0 Å². The van der Waals surface area contributed by atoms with E-state index in [1.165, 1.54) is 4.70 Å². The molecule has 1 saturated heterocycles. The number of carbonyl (C=O) groups is 1. The number of likely N-dealkylation sites (tertiary alicyclic amines) is 1. The molecule has 2 aliphatic rings. The van der Waals surface area contributed by atoms with Crippen LogP contribution in [0.15, 0.2) is 42.5 Å². The van der Waals surface area contributed by atoms with Crippen molar-refractivity contribution in [3.8, 4) is 5.75 Å². The minimum Gasteiger partial charge on any atom is -0.489 e. The standard InChI is InChI=1S/C22H22N2O2S/c1-13-14(2)26-20-15(13)7-5-8-16(20)22(25)24-12-6-10-18(24)21-23-17-9-3-4-11-19(17)27-21/h3-5,7-9,11,13-14,18H,6,10,12H2,1-2H3. The molecular formula is C22H22N2O2S. The summed E-state index contributed by atoms with van der Waals surface area (Å²) in [5.74, 6) is 1.15. The number of fused-ring (bicyclic) bond motifs is 2. The Balaban J connectivity index is 1.50. The lowest BCUT2D eigenvalue weighted by molar-refractivity contribution is 0.0730. The highest BCUT2D eigenvalue weighted by atomic mass is 32.1. The fraction of sp³-hybridized carbons (Fsp3) is 0.364. The quantitative estimate of drug-likeness (QED) is 0.619. The fourth-order valence-electron chi connectivity index (χ4n) is 4.21. The molecular weight excluding hydrogens is 356 g/mol. The molecule has 0 bridgehead atoms. The monoisotopic (exact) mass is 378 g/mol. The van der Waals surface area contributed by atoms with E-state index in [4.69, 9.17) is 9.72 Å². The molecule has 3 atom stereocenters. The van der Waals surface area contributed by atoms with Gasteiger partial charge in [-0.05, 0) is 38.0 Å². The number of amides is 1. The van der Waals surface area contributed by atoms with Gasteiger partial charge in [-0.1, -0.05) is 31.2 Å². The molecule has 0 radical (unpaired) electrons. The number of nitrogens with zero attached hydrogens (tertiary/aromatic N) is 2. The van der Waals surface area contributed by atoms with E-state index in [1.807, 2.05) is 35.2 Å². The largest absolute Gasteiger partial charge is 0.489 e. The van der Waals surface area contributed by atoms with Crippen LogP contribution < -0.4 is 4.74 Å². The minimum absolute atomic E-state index is 0.0574. The molecule has 3 unspecified atom stereocenters. The predicted octanol–water partition coefficient (Wildman–Crippen LogP) is 5.16. The highest BCUT2D eigenvalue weighted by Gasteiger charge is 2.37. The third kappa shape index (κ3) is 2.64. The average molecular weight is 378 g/mol. The van der Waals surface area contributed by atoms with Gasteiger partial charge in [-0.3, -0.25) is 4.79 Å². The van der Waals surface area contributed by atoms with Gasteiger partial charge in [0.15, 0.2) is 0 Å². The van der Waals surface area contributed by atoms with Crippen LogP contribution >= 0.6 is 11.3 Å². The molecule has 0 aliphatic carbocycles. The summed E-state index contributed by atoms with van der Waals surface area (Å²) in [5, 5.41) is 1.04. The first-order chi connectivity index (χ1) is 13.1. The minimum atomic E-state index is 0.0574. The van der Waals surface area contributed by atoms with E-state index >= 15 is 0 Å². The number of hydrogen-bond acceptors (Lipinski definition) is 4. The lowest BCUT2D eigenvalue weighted by Crippen LogP contribution is -2.30. The molecule has 3 heterocycles. The Morgan fingerprint density at radius 3 is 2.89 bits per heavy atom. The third-order valence-electron chi connectivity index (χ3n) is 5.88. The van der Waals surface area contributed by atoms with Crippen LogP contribution in [0.5, 0.6) is 5.75 Å². The second-order valence-corrected chi connectivity index (χ2v) is 8.57. The summed E-state index contributed by atoms with van der Waals surface area (Å²) in [7, 11) is 0. The first-order valence-electron chi connectivity index (χ1n) is 9.59. The molecule has 0 N–H and O–H groups in total. The van der Waals surface area contributed by atoms with Gasteiger partial charge in [-0.15, -0.1) is 11.3 Å². The molecule has 1 amide bonds. The normalized spacial score (nSPS) is 24.2. The number of carbonyl (C=O) groups excluding carboxylic acids is 1. The maximum Gasteiger partial charge on any atom is 0.258 e. The lowest BCUT2D eigenvalue weighted by atomic mass is 9.96. The van der Waals surface area contributed by atoms with Crippen molar-refractivity contribution in [1.82, 2.24) is 9.88 Å². The molecule has 27 heavy (non-hydrogen) atoms. The Morgan fingerprint density at radius 2 is 2.04 bits per heavy atom. The van der Waals surface area contributed by atoms with Crippen molar-refractivity contribution in [2.45, 2.75) is 44.8 Å². The summed E-state index contributed by atoms with van der Waals surface area (Å²) < 4.78 is 7.24. The molecule has 1 fully saturated rings. The summed E-state index contributed by atoms with van der Waals surface area (Å²) in [6.45, 7) is 5.00. The summed E-state index contributed by atoms with van der Waals surface area (Å²) in [6, 6.07) is 14.2. The number of thiazole rings is 1. The fourth-order valence-corrected chi connectivity index (χ4v) is 5.32. The molecule has 1 aromatic heterocycles. The predicted molar refractivity (Wildman–Crippen MR) is 108 cm³/mol. The number of aromatic nitrogens is 1. The van der Waals surface area contributed by atoms with Gasteiger partial charge in [0.1, 0.15) is 16.9 Å². The highest BCUT2D eigenvalue weighted by molar-refractivity contribution is 7.18. The summed E-state index contributed by atoms with van der Waals surface area (Å²) in [4.78, 5) is 20.2. The Hall–Kier alpha value is -2.40. The van der Waals surface area contributed by atoms with Crippen LogP contribution in [0.3, 0.4) is 0 Å². The van der Waals surface area contributed by atoms with Gasteiger partial charge in [0.05, 0.1) is 21.8 Å². The molecule has 0 spiro atoms. The molecule has 138 valence electrons. The van der Waals surface area contributed by atoms with Crippen molar-refractivity contribution in [2.24, 2.45) is 0 Å². The van der Waals surface area contributed by atoms with E-state index < -0.39 is 0 Å². The molecule has 0 saturated carbocycles. The molecule has 2 aliphatic heterocycles. The van der Waals surface area contributed by atoms with Crippen molar-refractivity contribution < 1.29 is 9.53 Å². The first-order valence-corrected chi connectivity index (χ1v) is 10.4. The van der Waals surface area contributed by atoms with Crippen LogP contribution in [0, 0.1) is 0 Å². The van der Waals surface area contributed by atoms with E-state index in [-0.39, 0.29) is 18.1 Å². The maximum atomic E-state index is 13.4. The van der Waals surface area contributed by atoms with Gasteiger partial charge in [0.25, 0.3) is 5.91 Å². The number of benzene rings is 2. The SMILES string of the molecule is CC1Oc2c(C(=O)N3CCCC3c3nc4ccccc4s3)cccc2C1C. The van der Waals surface area contributed by atoms with Crippen molar-refractivity contribution >= 4 is 27.5 Å². The van der Waals surface area contributed by atoms with E-state index in [1.54, 1.807) is 11.3 Å². The van der Waals surface area contributed by atoms with Gasteiger partial charge in [-0.2, -0.15) is 0 Å². The van der Waals surface area contributed by atoms with Crippen molar-refractivity contribution in [2.75, 3.05) is 6.54 Å². The first kappa shape index (κ1) is 16.8. The smallest absolute Gasteiger partial charge is 0.258 e. The van der Waals surface area contributed by atoms with Gasteiger partial charge in [0, 0.05) is 18.0 Å². The van der Waals surface area contributed by atoms with Crippen LogP contribution in [-0.2, 0) is 0 Å². The zero-order valence-corrected chi connectivity index (χ0v) is 16.3. The van der Waals surface area contributed by atoms with Crippen LogP contribution in [0.2, 0.25) is 0 Å². The molecule has 2 aromatic carbocycles. The Morgan fingerprint density at radius 1 is 1.19 bits per heavy atom. The van der Waals surface area contributed by atoms with E-state index in [0.717, 1.165) is 41.2 Å². The van der Waals surface area contributed by atoms with Crippen molar-refractivity contribution in [3.63, 3.8) is 0 Å². The molecule has 5 heteroatoms. The average Bonchev–Trinajstić information content (AvgIpc) is 3.38. The van der Waals surface area contributed by atoms with Gasteiger partial charge in [0.2, 0.25) is 0 Å². The molecule has 5 rings (SSSR count). The van der Waals surface area contributed by atoms with E-state index in [0.29, 0.717) is 11.5 Å². The van der Waals surface area contributed by atoms with E-state index in [9.17, 15) is 4.79 Å². The summed E-state index contributed by atoms with van der Waals surface area (Å²) in [6.07, 6.45) is 2.08. The number of ether oxygens (including phenoxy) is 1. The zero-order valence-electron chi connectivity index (χ0n) is 15.5. The number of para-hydroxylation sites is 2. The zero-order chi connectivity index (χ0) is 18.5. The third-order valence-corrected chi connectivity index (χ3v) is 7.02. The maximum absolute atomic E-state index is 13.4. The topological polar surface area (TPSA) is 42.4 Å². The molecule has 3 aromatic rings.